The van der Waals surface area contributed by atoms with Crippen molar-refractivity contribution < 1.29 is 0 Å². The summed E-state index contributed by atoms with van der Waals surface area (Å²) in [4.78, 5) is 4.06. The molecule has 0 aromatic rings. The van der Waals surface area contributed by atoms with Gasteiger partial charge in [-0.25, -0.2) is 0 Å². The summed E-state index contributed by atoms with van der Waals surface area (Å²) in [5, 5.41) is 0. The van der Waals surface area contributed by atoms with Crippen LogP contribution in [0.3, 0.4) is 0 Å². The molecule has 1 aliphatic carbocycles. The largest absolute Gasteiger partial charge is 0.298 e. The Morgan fingerprint density at radius 1 is 1.00 bits per heavy atom. The summed E-state index contributed by atoms with van der Waals surface area (Å²) < 4.78 is 0. The van der Waals surface area contributed by atoms with Crippen molar-refractivity contribution in [3.63, 3.8) is 0 Å². The molecule has 0 aliphatic heterocycles. The Hall–Kier alpha value is -0.330. The maximum atomic E-state index is 4.06. The van der Waals surface area contributed by atoms with Crippen molar-refractivity contribution in [3.8, 4) is 0 Å². The van der Waals surface area contributed by atoms with Gasteiger partial charge >= 0.3 is 0 Å². The van der Waals surface area contributed by atoms with E-state index < -0.39 is 0 Å². The zero-order valence-corrected chi connectivity index (χ0v) is 5.97. The Labute approximate surface area is 57.2 Å². The van der Waals surface area contributed by atoms with E-state index in [0.717, 1.165) is 0 Å². The van der Waals surface area contributed by atoms with Crippen LogP contribution in [0, 0.1) is 0 Å². The molecule has 0 aromatic heterocycles. The minimum Gasteiger partial charge on any atom is -0.298 e. The molecule has 1 aliphatic rings. The average Bonchev–Trinajstić information content (AvgIpc) is 2.13. The second-order valence-electron chi connectivity index (χ2n) is 2.83. The summed E-state index contributed by atoms with van der Waals surface area (Å²) in [7, 11) is 0. The first-order chi connectivity index (χ1) is 4.43. The number of rotatable bonds is 1. The molecule has 0 heterocycles. The van der Waals surface area contributed by atoms with Crippen LogP contribution in [-0.2, 0) is 0 Å². The molecule has 0 saturated heterocycles. The normalized spacial score (nSPS) is 23.1. The summed E-state index contributed by atoms with van der Waals surface area (Å²) in [6, 6.07) is 0.590. The van der Waals surface area contributed by atoms with E-state index in [1.165, 1.54) is 38.5 Å². The highest BCUT2D eigenvalue weighted by Crippen LogP contribution is 2.18. The third-order valence-electron chi connectivity index (χ3n) is 2.08. The summed E-state index contributed by atoms with van der Waals surface area (Å²) in [5.41, 5.74) is 0. The summed E-state index contributed by atoms with van der Waals surface area (Å²) in [6.07, 6.45) is 8.11. The number of aliphatic imine (C=N–C) groups is 1. The van der Waals surface area contributed by atoms with Gasteiger partial charge in [-0.05, 0) is 19.6 Å². The van der Waals surface area contributed by atoms with Gasteiger partial charge in [0.1, 0.15) is 0 Å². The van der Waals surface area contributed by atoms with E-state index in [2.05, 4.69) is 11.7 Å². The summed E-state index contributed by atoms with van der Waals surface area (Å²) >= 11 is 0. The Balaban J connectivity index is 2.26. The standard InChI is InChI=1S/C8H15N/c1-9-8-6-4-2-3-5-7-8/h8H,1-7H2. The van der Waals surface area contributed by atoms with Crippen molar-refractivity contribution in [2.24, 2.45) is 4.99 Å². The second-order valence-corrected chi connectivity index (χ2v) is 2.83. The van der Waals surface area contributed by atoms with Gasteiger partial charge in [-0.15, -0.1) is 0 Å². The summed E-state index contributed by atoms with van der Waals surface area (Å²) in [5.74, 6) is 0. The monoisotopic (exact) mass is 125 g/mol. The van der Waals surface area contributed by atoms with Gasteiger partial charge in [0.25, 0.3) is 0 Å². The van der Waals surface area contributed by atoms with Crippen molar-refractivity contribution in [2.75, 3.05) is 0 Å². The maximum Gasteiger partial charge on any atom is 0.0492 e. The average molecular weight is 125 g/mol. The van der Waals surface area contributed by atoms with Crippen LogP contribution >= 0.6 is 0 Å². The van der Waals surface area contributed by atoms with E-state index >= 15 is 0 Å². The molecular formula is C8H15N. The van der Waals surface area contributed by atoms with Crippen LogP contribution in [0.5, 0.6) is 0 Å². The molecule has 1 saturated carbocycles. The highest BCUT2D eigenvalue weighted by Gasteiger charge is 2.08. The van der Waals surface area contributed by atoms with Crippen LogP contribution in [0.15, 0.2) is 4.99 Å². The van der Waals surface area contributed by atoms with Crippen LogP contribution in [0.2, 0.25) is 0 Å². The van der Waals surface area contributed by atoms with Gasteiger partial charge in [0, 0.05) is 6.04 Å². The molecule has 0 N–H and O–H groups in total. The van der Waals surface area contributed by atoms with E-state index in [1.807, 2.05) is 0 Å². The van der Waals surface area contributed by atoms with Crippen LogP contribution in [0.1, 0.15) is 38.5 Å². The molecule has 9 heavy (non-hydrogen) atoms. The molecule has 1 heteroatoms. The molecule has 0 spiro atoms. The van der Waals surface area contributed by atoms with E-state index in [-0.39, 0.29) is 0 Å². The van der Waals surface area contributed by atoms with Crippen molar-refractivity contribution in [1.82, 2.24) is 0 Å². The zero-order valence-electron chi connectivity index (χ0n) is 5.97. The van der Waals surface area contributed by atoms with Crippen molar-refractivity contribution in [2.45, 2.75) is 44.6 Å². The SMILES string of the molecule is C=NC1CCCCCC1. The first-order valence-electron chi connectivity index (χ1n) is 3.89. The van der Waals surface area contributed by atoms with Crippen LogP contribution < -0.4 is 0 Å². The van der Waals surface area contributed by atoms with Crippen LogP contribution in [-0.4, -0.2) is 12.8 Å². The fraction of sp³-hybridized carbons (Fsp3) is 0.875. The van der Waals surface area contributed by atoms with Gasteiger partial charge in [0.15, 0.2) is 0 Å². The molecule has 0 unspecified atom stereocenters. The quantitative estimate of drug-likeness (QED) is 0.377. The lowest BCUT2D eigenvalue weighted by atomic mass is 10.1. The van der Waals surface area contributed by atoms with Gasteiger partial charge in [0.2, 0.25) is 0 Å². The van der Waals surface area contributed by atoms with Gasteiger partial charge < -0.3 is 0 Å². The molecule has 1 nitrogen and oxygen atoms in total. The molecule has 0 bridgehead atoms. The van der Waals surface area contributed by atoms with Gasteiger partial charge in [-0.3, -0.25) is 4.99 Å². The van der Waals surface area contributed by atoms with E-state index in [9.17, 15) is 0 Å². The third kappa shape index (κ3) is 2.17. The Morgan fingerprint density at radius 3 is 2.00 bits per heavy atom. The lowest BCUT2D eigenvalue weighted by molar-refractivity contribution is 0.589. The van der Waals surface area contributed by atoms with Crippen molar-refractivity contribution >= 4 is 6.72 Å². The van der Waals surface area contributed by atoms with E-state index in [4.69, 9.17) is 0 Å². The minimum absolute atomic E-state index is 0.590. The van der Waals surface area contributed by atoms with Crippen LogP contribution in [0.4, 0.5) is 0 Å². The fourth-order valence-corrected chi connectivity index (χ4v) is 1.44. The molecule has 1 rings (SSSR count). The lowest BCUT2D eigenvalue weighted by Crippen LogP contribution is -1.99. The Bertz CT molecular complexity index is 80.6. The highest BCUT2D eigenvalue weighted by molar-refractivity contribution is 5.24. The predicted octanol–water partition coefficient (Wildman–Crippen LogP) is 2.41. The summed E-state index contributed by atoms with van der Waals surface area (Å²) in [6.45, 7) is 3.58. The first kappa shape index (κ1) is 6.79. The first-order valence-corrected chi connectivity index (χ1v) is 3.89. The van der Waals surface area contributed by atoms with Gasteiger partial charge in [-0.1, -0.05) is 25.7 Å². The maximum absolute atomic E-state index is 4.06. The molecule has 0 radical (unpaired) electrons. The number of hydrogen-bond acceptors (Lipinski definition) is 1. The molecule has 0 amide bonds. The Morgan fingerprint density at radius 2 is 1.56 bits per heavy atom. The number of nitrogens with zero attached hydrogens (tertiary/aromatic N) is 1. The zero-order chi connectivity index (χ0) is 6.53. The molecule has 52 valence electrons. The third-order valence-corrected chi connectivity index (χ3v) is 2.08. The smallest absolute Gasteiger partial charge is 0.0492 e. The molecule has 1 fully saturated rings. The predicted molar refractivity (Wildman–Crippen MR) is 41.0 cm³/mol. The van der Waals surface area contributed by atoms with Crippen molar-refractivity contribution in [3.05, 3.63) is 0 Å². The second kappa shape index (κ2) is 3.65. The molecular weight excluding hydrogens is 110 g/mol. The fourth-order valence-electron chi connectivity index (χ4n) is 1.44. The van der Waals surface area contributed by atoms with E-state index in [1.54, 1.807) is 0 Å². The van der Waals surface area contributed by atoms with E-state index in [0.29, 0.717) is 6.04 Å². The minimum atomic E-state index is 0.590. The van der Waals surface area contributed by atoms with Crippen molar-refractivity contribution in [1.29, 1.82) is 0 Å². The lowest BCUT2D eigenvalue weighted by Gasteiger charge is -2.04. The molecule has 0 atom stereocenters. The Kier molecular flexibility index (Phi) is 2.75. The number of hydrogen-bond donors (Lipinski definition) is 0. The van der Waals surface area contributed by atoms with Crippen LogP contribution in [0.25, 0.3) is 0 Å². The highest BCUT2D eigenvalue weighted by atomic mass is 14.7. The topological polar surface area (TPSA) is 12.4 Å². The molecule has 0 aromatic carbocycles. The van der Waals surface area contributed by atoms with Gasteiger partial charge in [0.05, 0.1) is 0 Å². The van der Waals surface area contributed by atoms with Gasteiger partial charge in [-0.2, -0.15) is 0 Å².